The Hall–Kier alpha value is -3.83. The van der Waals surface area contributed by atoms with Crippen LogP contribution in [0.2, 0.25) is 0 Å². The van der Waals surface area contributed by atoms with Gasteiger partial charge in [-0.1, -0.05) is 54.2 Å². The topological polar surface area (TPSA) is 104 Å². The van der Waals surface area contributed by atoms with Crippen LogP contribution in [0.1, 0.15) is 18.4 Å². The Morgan fingerprint density at radius 2 is 1.91 bits per heavy atom. The lowest BCUT2D eigenvalue weighted by Crippen LogP contribution is -2.41. The van der Waals surface area contributed by atoms with Gasteiger partial charge in [-0.2, -0.15) is 5.26 Å². The Morgan fingerprint density at radius 3 is 2.56 bits per heavy atom. The molecule has 34 heavy (non-hydrogen) atoms. The van der Waals surface area contributed by atoms with E-state index in [9.17, 15) is 20.0 Å². The number of carboxylic acid groups (broad SMARTS) is 1. The molecule has 0 spiro atoms. The second kappa shape index (κ2) is 10.4. The van der Waals surface area contributed by atoms with E-state index in [0.717, 1.165) is 22.9 Å². The normalized spacial score (nSPS) is 15.1. The number of carbonyl (C=O) groups is 2. The number of benzene rings is 2. The maximum atomic E-state index is 12.8. The lowest BCUT2D eigenvalue weighted by atomic mass is 9.99. The number of nitriles is 1. The fourth-order valence-corrected chi connectivity index (χ4v) is 4.91. The summed E-state index contributed by atoms with van der Waals surface area (Å²) in [7, 11) is 1.59. The first kappa shape index (κ1) is 23.3. The zero-order valence-electron chi connectivity index (χ0n) is 18.6. The number of pyridine rings is 1. The minimum absolute atomic E-state index is 0.00571. The summed E-state index contributed by atoms with van der Waals surface area (Å²) >= 11 is 1.16. The molecule has 0 saturated carbocycles. The summed E-state index contributed by atoms with van der Waals surface area (Å²) in [5.41, 5.74) is 3.48. The number of hydrogen-bond donors (Lipinski definition) is 1. The molecule has 3 aromatic rings. The summed E-state index contributed by atoms with van der Waals surface area (Å²) in [6.07, 6.45) is 1.12. The number of rotatable bonds is 7. The van der Waals surface area contributed by atoms with Gasteiger partial charge >= 0.3 is 5.97 Å². The third kappa shape index (κ3) is 4.90. The zero-order chi connectivity index (χ0) is 24.1. The van der Waals surface area contributed by atoms with E-state index in [1.807, 2.05) is 60.7 Å². The number of methoxy groups -OCH3 is 1. The van der Waals surface area contributed by atoms with Gasteiger partial charge in [-0.25, -0.2) is 9.78 Å². The molecule has 0 unspecified atom stereocenters. The van der Waals surface area contributed by atoms with E-state index >= 15 is 0 Å². The molecule has 2 aromatic carbocycles. The van der Waals surface area contributed by atoms with Gasteiger partial charge in [0.1, 0.15) is 22.9 Å². The summed E-state index contributed by atoms with van der Waals surface area (Å²) in [5.74, 6) is -0.541. The first-order valence-electron chi connectivity index (χ1n) is 10.8. The minimum atomic E-state index is -0.987. The lowest BCUT2D eigenvalue weighted by Gasteiger charge is -2.21. The first-order chi connectivity index (χ1) is 16.5. The highest BCUT2D eigenvalue weighted by Crippen LogP contribution is 2.35. The predicted octanol–water partition coefficient (Wildman–Crippen LogP) is 4.46. The van der Waals surface area contributed by atoms with Crippen LogP contribution in [0.5, 0.6) is 5.75 Å². The molecule has 7 nitrogen and oxygen atoms in total. The molecule has 8 heteroatoms. The van der Waals surface area contributed by atoms with Crippen LogP contribution in [0.3, 0.4) is 0 Å². The molecule has 1 amide bonds. The Kier molecular flexibility index (Phi) is 7.14. The average molecular weight is 474 g/mol. The molecular formula is C26H23N3O4S. The van der Waals surface area contributed by atoms with Crippen molar-refractivity contribution < 1.29 is 19.4 Å². The molecule has 1 aliphatic heterocycles. The molecule has 1 aliphatic rings. The highest BCUT2D eigenvalue weighted by Gasteiger charge is 2.33. The van der Waals surface area contributed by atoms with E-state index in [1.165, 1.54) is 4.90 Å². The maximum absolute atomic E-state index is 12.8. The van der Waals surface area contributed by atoms with Crippen LogP contribution in [0.25, 0.3) is 22.4 Å². The number of aliphatic carboxylic acids is 1. The van der Waals surface area contributed by atoms with Gasteiger partial charge in [-0.3, -0.25) is 4.79 Å². The summed E-state index contributed by atoms with van der Waals surface area (Å²) in [4.78, 5) is 30.4. The predicted molar refractivity (Wildman–Crippen MR) is 129 cm³/mol. The van der Waals surface area contributed by atoms with Gasteiger partial charge in [0.15, 0.2) is 0 Å². The van der Waals surface area contributed by atoms with Gasteiger partial charge in [-0.05, 0) is 36.6 Å². The molecule has 172 valence electrons. The van der Waals surface area contributed by atoms with Crippen LogP contribution in [0.4, 0.5) is 0 Å². The fourth-order valence-electron chi connectivity index (χ4n) is 4.02. The van der Waals surface area contributed by atoms with Gasteiger partial charge in [0.25, 0.3) is 0 Å². The Morgan fingerprint density at radius 1 is 1.18 bits per heavy atom. The van der Waals surface area contributed by atoms with Crippen LogP contribution in [0.15, 0.2) is 65.7 Å². The summed E-state index contributed by atoms with van der Waals surface area (Å²) in [5, 5.41) is 19.8. The summed E-state index contributed by atoms with van der Waals surface area (Å²) in [6.45, 7) is 0.427. The van der Waals surface area contributed by atoms with E-state index in [-0.39, 0.29) is 11.7 Å². The SMILES string of the molecule is COc1ccc(-c2cc(-c3ccccc3)nc(SCC(=O)N3CCC[C@H]3C(=O)O)c2C#N)cc1. The van der Waals surface area contributed by atoms with Crippen LogP contribution < -0.4 is 4.74 Å². The second-order valence-electron chi connectivity index (χ2n) is 7.81. The molecule has 4 rings (SSSR count). The molecule has 1 saturated heterocycles. The third-order valence-corrected chi connectivity index (χ3v) is 6.72. The van der Waals surface area contributed by atoms with Crippen molar-refractivity contribution in [2.45, 2.75) is 23.9 Å². The Balaban J connectivity index is 1.71. The summed E-state index contributed by atoms with van der Waals surface area (Å²) < 4.78 is 5.25. The maximum Gasteiger partial charge on any atom is 0.326 e. The van der Waals surface area contributed by atoms with E-state index < -0.39 is 12.0 Å². The van der Waals surface area contributed by atoms with Gasteiger partial charge in [0.2, 0.25) is 5.91 Å². The molecule has 1 N–H and O–H groups in total. The second-order valence-corrected chi connectivity index (χ2v) is 8.78. The number of thioether (sulfide) groups is 1. The van der Waals surface area contributed by atoms with Crippen molar-refractivity contribution >= 4 is 23.6 Å². The number of nitrogens with zero attached hydrogens (tertiary/aromatic N) is 3. The number of hydrogen-bond acceptors (Lipinski definition) is 6. The number of ether oxygens (including phenoxy) is 1. The van der Waals surface area contributed by atoms with Crippen molar-refractivity contribution in [2.24, 2.45) is 0 Å². The number of carboxylic acids is 1. The van der Waals surface area contributed by atoms with Crippen molar-refractivity contribution in [1.82, 2.24) is 9.88 Å². The van der Waals surface area contributed by atoms with Gasteiger partial charge in [0, 0.05) is 17.7 Å². The third-order valence-electron chi connectivity index (χ3n) is 5.76. The number of aromatic nitrogens is 1. The molecule has 2 heterocycles. The van der Waals surface area contributed by atoms with Crippen molar-refractivity contribution in [1.29, 1.82) is 5.26 Å². The largest absolute Gasteiger partial charge is 0.497 e. The van der Waals surface area contributed by atoms with Crippen LogP contribution in [0, 0.1) is 11.3 Å². The Bertz CT molecular complexity index is 1240. The van der Waals surface area contributed by atoms with E-state index in [2.05, 4.69) is 6.07 Å². The quantitative estimate of drug-likeness (QED) is 0.505. The first-order valence-corrected chi connectivity index (χ1v) is 11.8. The van der Waals surface area contributed by atoms with Gasteiger partial charge in [0.05, 0.1) is 24.1 Å². The van der Waals surface area contributed by atoms with E-state index in [0.29, 0.717) is 47.0 Å². The van der Waals surface area contributed by atoms with E-state index in [4.69, 9.17) is 9.72 Å². The monoisotopic (exact) mass is 473 g/mol. The summed E-state index contributed by atoms with van der Waals surface area (Å²) in [6, 6.07) is 20.4. The molecule has 1 fully saturated rings. The molecular weight excluding hydrogens is 450 g/mol. The average Bonchev–Trinajstić information content (AvgIpc) is 3.38. The molecule has 0 bridgehead atoms. The lowest BCUT2D eigenvalue weighted by molar-refractivity contribution is -0.147. The number of carbonyl (C=O) groups excluding carboxylic acids is 1. The van der Waals surface area contributed by atoms with Crippen LogP contribution in [-0.2, 0) is 9.59 Å². The van der Waals surface area contributed by atoms with Crippen LogP contribution >= 0.6 is 11.8 Å². The zero-order valence-corrected chi connectivity index (χ0v) is 19.4. The van der Waals surface area contributed by atoms with Gasteiger partial charge < -0.3 is 14.7 Å². The molecule has 1 aromatic heterocycles. The molecule has 0 radical (unpaired) electrons. The Labute approximate surface area is 202 Å². The smallest absolute Gasteiger partial charge is 0.326 e. The standard InChI is InChI=1S/C26H23N3O4S/c1-33-19-11-9-17(10-12-19)20-14-22(18-6-3-2-4-7-18)28-25(21(20)15-27)34-16-24(30)29-13-5-8-23(29)26(31)32/h2-4,6-7,9-12,14,23H,5,8,13,16H2,1H3,(H,31,32)/t23-/m0/s1. The van der Waals surface area contributed by atoms with Crippen molar-refractivity contribution in [2.75, 3.05) is 19.4 Å². The van der Waals surface area contributed by atoms with Crippen molar-refractivity contribution in [3.8, 4) is 34.2 Å². The number of likely N-dealkylation sites (tertiary alicyclic amines) is 1. The van der Waals surface area contributed by atoms with E-state index in [1.54, 1.807) is 7.11 Å². The number of amides is 1. The van der Waals surface area contributed by atoms with Crippen molar-refractivity contribution in [3.05, 3.63) is 66.2 Å². The highest BCUT2D eigenvalue weighted by atomic mass is 32.2. The van der Waals surface area contributed by atoms with Crippen LogP contribution in [-0.4, -0.2) is 52.3 Å². The minimum Gasteiger partial charge on any atom is -0.497 e. The fraction of sp³-hybridized carbons (Fsp3) is 0.231. The van der Waals surface area contributed by atoms with Gasteiger partial charge in [-0.15, -0.1) is 0 Å². The highest BCUT2D eigenvalue weighted by molar-refractivity contribution is 8.00. The molecule has 1 atom stereocenters. The van der Waals surface area contributed by atoms with Crippen molar-refractivity contribution in [3.63, 3.8) is 0 Å². The molecule has 0 aliphatic carbocycles.